The Bertz CT molecular complexity index is 382. The molecule has 1 aromatic carbocycles. The van der Waals surface area contributed by atoms with Crippen molar-refractivity contribution < 1.29 is 22.0 Å². The van der Waals surface area contributed by atoms with Gasteiger partial charge in [0.15, 0.2) is 0 Å². The highest BCUT2D eigenvalue weighted by Gasteiger charge is 1.99. The van der Waals surface area contributed by atoms with Gasteiger partial charge >= 0.3 is 0 Å². The van der Waals surface area contributed by atoms with Crippen molar-refractivity contribution in [1.29, 1.82) is 0 Å². The van der Waals surface area contributed by atoms with Crippen LogP contribution in [0.2, 0.25) is 0 Å². The predicted molar refractivity (Wildman–Crippen MR) is 44.9 cm³/mol. The van der Waals surface area contributed by atoms with Gasteiger partial charge in [-0.3, -0.25) is 5.73 Å². The van der Waals surface area contributed by atoms with Gasteiger partial charge in [0.1, 0.15) is 0 Å². The number of halogens is 1. The van der Waals surface area contributed by atoms with Crippen LogP contribution in [0.5, 0.6) is 0 Å². The third-order valence-electron chi connectivity index (χ3n) is 1.75. The molecule has 0 unspecified atom stereocenters. The van der Waals surface area contributed by atoms with Gasteiger partial charge < -0.3 is 17.0 Å². The average Bonchev–Trinajstić information content (AvgIpc) is 2.06. The Labute approximate surface area is 81.2 Å². The first-order chi connectivity index (χ1) is 5.38. The lowest BCUT2D eigenvalue weighted by molar-refractivity contribution is -0.358. The molecule has 0 amide bonds. The number of hydrogen-bond acceptors (Lipinski definition) is 1. The van der Waals surface area contributed by atoms with E-state index >= 15 is 0 Å². The second kappa shape index (κ2) is 3.54. The first-order valence-corrected chi connectivity index (χ1v) is 3.53. The number of pyridine rings is 1. The number of fused-ring (bicyclic) bond motifs is 1. The molecule has 62 valence electrons. The van der Waals surface area contributed by atoms with Crippen LogP contribution >= 0.6 is 0 Å². The minimum Gasteiger partial charge on any atom is -1.00 e. The van der Waals surface area contributed by atoms with Crippen molar-refractivity contribution >= 4 is 16.6 Å². The van der Waals surface area contributed by atoms with Gasteiger partial charge in [0.2, 0.25) is 0 Å². The second-order valence-electron chi connectivity index (χ2n) is 2.48. The van der Waals surface area contributed by atoms with E-state index in [0.717, 1.165) is 11.2 Å². The molecule has 0 fully saturated rings. The molecule has 2 nitrogen and oxygen atoms in total. The SMILES string of the molecule is Nc1[nH+]ccc2ccccc12.[Br-]. The number of H-pyrrole nitrogens is 1. The molecule has 0 saturated heterocycles. The number of anilines is 1. The molecule has 0 aliphatic rings. The van der Waals surface area contributed by atoms with Crippen LogP contribution in [0, 0.1) is 0 Å². The molecule has 3 heteroatoms. The minimum absolute atomic E-state index is 0. The number of aromatic amines is 1. The summed E-state index contributed by atoms with van der Waals surface area (Å²) in [5, 5.41) is 2.25. The Balaban J connectivity index is 0.000000720. The quantitative estimate of drug-likeness (QED) is 0.567. The first kappa shape index (κ1) is 9.00. The van der Waals surface area contributed by atoms with E-state index in [1.807, 2.05) is 36.5 Å². The standard InChI is InChI=1S/C9H8N2.BrH/c10-9-8-4-2-1-3-7(8)5-6-11-9;/h1-6H,(H2,10,11);1H. The fourth-order valence-electron chi connectivity index (χ4n) is 1.19. The zero-order valence-electron chi connectivity index (χ0n) is 6.42. The van der Waals surface area contributed by atoms with E-state index in [1.54, 1.807) is 0 Å². The molecule has 0 aliphatic carbocycles. The van der Waals surface area contributed by atoms with Crippen LogP contribution in [0.15, 0.2) is 36.5 Å². The van der Waals surface area contributed by atoms with Crippen molar-refractivity contribution in [1.82, 2.24) is 0 Å². The Morgan fingerprint density at radius 1 is 1.08 bits per heavy atom. The molecule has 2 aromatic rings. The molecule has 0 radical (unpaired) electrons. The Kier molecular flexibility index (Phi) is 2.65. The molecule has 2 rings (SSSR count). The molecular formula is C9H9BrN2. The highest BCUT2D eigenvalue weighted by Crippen LogP contribution is 2.14. The summed E-state index contributed by atoms with van der Waals surface area (Å²) in [5.41, 5.74) is 5.70. The van der Waals surface area contributed by atoms with E-state index in [0.29, 0.717) is 0 Å². The average molecular weight is 225 g/mol. The summed E-state index contributed by atoms with van der Waals surface area (Å²) in [5.74, 6) is 0.725. The number of hydrogen-bond donors (Lipinski definition) is 1. The summed E-state index contributed by atoms with van der Waals surface area (Å²) >= 11 is 0. The molecule has 1 heterocycles. The first-order valence-electron chi connectivity index (χ1n) is 3.53. The monoisotopic (exact) mass is 224 g/mol. The molecule has 0 atom stereocenters. The van der Waals surface area contributed by atoms with Crippen molar-refractivity contribution in [3.05, 3.63) is 36.5 Å². The summed E-state index contributed by atoms with van der Waals surface area (Å²) in [6.45, 7) is 0. The molecule has 12 heavy (non-hydrogen) atoms. The third-order valence-corrected chi connectivity index (χ3v) is 1.75. The van der Waals surface area contributed by atoms with Gasteiger partial charge in [-0.05, 0) is 17.5 Å². The van der Waals surface area contributed by atoms with Crippen molar-refractivity contribution in [3.8, 4) is 0 Å². The lowest BCUT2D eigenvalue weighted by Crippen LogP contribution is -3.00. The van der Waals surface area contributed by atoms with Gasteiger partial charge in [0.05, 0.1) is 11.6 Å². The number of nitrogens with two attached hydrogens (primary N) is 1. The van der Waals surface area contributed by atoms with Crippen molar-refractivity contribution in [2.45, 2.75) is 0 Å². The van der Waals surface area contributed by atoms with Gasteiger partial charge in [-0.1, -0.05) is 18.2 Å². The fourth-order valence-corrected chi connectivity index (χ4v) is 1.19. The third kappa shape index (κ3) is 1.41. The van der Waals surface area contributed by atoms with Crippen LogP contribution in [-0.2, 0) is 0 Å². The van der Waals surface area contributed by atoms with E-state index in [2.05, 4.69) is 4.98 Å². The van der Waals surface area contributed by atoms with Crippen LogP contribution in [0.3, 0.4) is 0 Å². The van der Waals surface area contributed by atoms with Gasteiger partial charge in [-0.2, -0.15) is 0 Å². The van der Waals surface area contributed by atoms with E-state index in [-0.39, 0.29) is 17.0 Å². The summed E-state index contributed by atoms with van der Waals surface area (Å²) < 4.78 is 0. The Morgan fingerprint density at radius 2 is 1.83 bits per heavy atom. The Hall–Kier alpha value is -1.09. The van der Waals surface area contributed by atoms with E-state index in [1.165, 1.54) is 5.39 Å². The summed E-state index contributed by atoms with van der Waals surface area (Å²) in [6, 6.07) is 10.0. The number of benzene rings is 1. The van der Waals surface area contributed by atoms with Crippen LogP contribution in [0.4, 0.5) is 5.82 Å². The summed E-state index contributed by atoms with van der Waals surface area (Å²) in [6.07, 6.45) is 1.84. The molecular weight excluding hydrogens is 216 g/mol. The van der Waals surface area contributed by atoms with Crippen molar-refractivity contribution in [2.75, 3.05) is 5.73 Å². The Morgan fingerprint density at radius 3 is 2.58 bits per heavy atom. The van der Waals surface area contributed by atoms with Gasteiger partial charge in [0, 0.05) is 0 Å². The fraction of sp³-hybridized carbons (Fsp3) is 0. The second-order valence-corrected chi connectivity index (χ2v) is 2.48. The highest BCUT2D eigenvalue weighted by molar-refractivity contribution is 5.88. The topological polar surface area (TPSA) is 40.2 Å². The summed E-state index contributed by atoms with van der Waals surface area (Å²) in [7, 11) is 0. The maximum absolute atomic E-state index is 5.70. The number of nitrogens with one attached hydrogen (secondary N) is 1. The van der Waals surface area contributed by atoms with Crippen molar-refractivity contribution in [3.63, 3.8) is 0 Å². The zero-order valence-corrected chi connectivity index (χ0v) is 8.01. The molecule has 1 aromatic heterocycles. The van der Waals surface area contributed by atoms with Crippen LogP contribution in [0.25, 0.3) is 10.8 Å². The van der Waals surface area contributed by atoms with Crippen LogP contribution < -0.4 is 27.7 Å². The highest BCUT2D eigenvalue weighted by atomic mass is 79.9. The number of nitrogen functional groups attached to an aromatic ring is 1. The van der Waals surface area contributed by atoms with Gasteiger partial charge in [-0.25, -0.2) is 4.98 Å². The predicted octanol–water partition coefficient (Wildman–Crippen LogP) is -1.76. The molecule has 0 spiro atoms. The number of rotatable bonds is 0. The lowest BCUT2D eigenvalue weighted by Gasteiger charge is -1.93. The largest absolute Gasteiger partial charge is 1.00 e. The molecule has 0 saturated carbocycles. The van der Waals surface area contributed by atoms with E-state index in [9.17, 15) is 0 Å². The molecule has 0 aliphatic heterocycles. The van der Waals surface area contributed by atoms with Gasteiger partial charge in [0.25, 0.3) is 5.82 Å². The smallest absolute Gasteiger partial charge is 0.278 e. The summed E-state index contributed by atoms with van der Waals surface area (Å²) in [4.78, 5) is 2.95. The zero-order chi connectivity index (χ0) is 7.68. The van der Waals surface area contributed by atoms with E-state index < -0.39 is 0 Å². The number of aromatic nitrogens is 1. The minimum atomic E-state index is 0. The molecule has 3 N–H and O–H groups in total. The normalized spacial score (nSPS) is 9.33. The lowest BCUT2D eigenvalue weighted by atomic mass is 10.2. The maximum Gasteiger partial charge on any atom is 0.278 e. The van der Waals surface area contributed by atoms with E-state index in [4.69, 9.17) is 5.73 Å². The molecule has 0 bridgehead atoms. The van der Waals surface area contributed by atoms with Crippen molar-refractivity contribution in [2.24, 2.45) is 0 Å². The van der Waals surface area contributed by atoms with Crippen LogP contribution in [-0.4, -0.2) is 0 Å². The maximum atomic E-state index is 5.70. The van der Waals surface area contributed by atoms with Gasteiger partial charge in [-0.15, -0.1) is 0 Å². The van der Waals surface area contributed by atoms with Crippen LogP contribution in [0.1, 0.15) is 0 Å².